The van der Waals surface area contributed by atoms with Crippen LogP contribution >= 0.6 is 11.6 Å². The molecule has 10 nitrogen and oxygen atoms in total. The third-order valence-corrected chi connectivity index (χ3v) is 6.27. The number of pyridine rings is 2. The Morgan fingerprint density at radius 3 is 2.51 bits per heavy atom. The van der Waals surface area contributed by atoms with Gasteiger partial charge in [-0.25, -0.2) is 0 Å². The maximum atomic E-state index is 13.1. The van der Waals surface area contributed by atoms with Gasteiger partial charge in [-0.15, -0.1) is 0 Å². The van der Waals surface area contributed by atoms with Gasteiger partial charge in [0.25, 0.3) is 18.5 Å². The van der Waals surface area contributed by atoms with Crippen LogP contribution in [0.25, 0.3) is 0 Å². The molecular weight excluding hydrogens is 476 g/mol. The summed E-state index contributed by atoms with van der Waals surface area (Å²) in [5.74, 6) is 0.912. The molecule has 1 fully saturated rings. The first-order valence-corrected chi connectivity index (χ1v) is 11.6. The number of ether oxygens (including phenoxy) is 1. The highest BCUT2D eigenvalue weighted by Crippen LogP contribution is 2.35. The number of nitrogens with zero attached hydrogens (tertiary/aromatic N) is 4. The van der Waals surface area contributed by atoms with Gasteiger partial charge in [0, 0.05) is 69.8 Å². The van der Waals surface area contributed by atoms with Gasteiger partial charge in [0.15, 0.2) is 0 Å². The Morgan fingerprint density at radius 2 is 1.89 bits per heavy atom. The zero-order chi connectivity index (χ0) is 25.8. The Morgan fingerprint density at radius 1 is 1.17 bits per heavy atom. The van der Waals surface area contributed by atoms with Gasteiger partial charge in [-0.05, 0) is 37.6 Å². The van der Waals surface area contributed by atoms with E-state index in [9.17, 15) is 4.79 Å². The van der Waals surface area contributed by atoms with Crippen molar-refractivity contribution < 1.29 is 24.5 Å². The maximum Gasteiger partial charge on any atom is 0.290 e. The number of piperidine rings is 1. The summed E-state index contributed by atoms with van der Waals surface area (Å²) in [5, 5.41) is 14.4. The normalized spacial score (nSPS) is 18.4. The lowest BCUT2D eigenvalue weighted by Gasteiger charge is -2.43. The molecule has 2 N–H and O–H groups in total. The fourth-order valence-electron chi connectivity index (χ4n) is 4.69. The molecule has 1 saturated heterocycles. The number of carboxylic acid groups (broad SMARTS) is 2. The number of fused-ring (bicyclic) bond motifs is 4. The van der Waals surface area contributed by atoms with E-state index in [4.69, 9.17) is 36.1 Å². The molecule has 192 valence electrons. The minimum Gasteiger partial charge on any atom is -0.483 e. The van der Waals surface area contributed by atoms with E-state index in [0.717, 1.165) is 50.4 Å². The molecule has 0 spiro atoms. The second-order valence-electron chi connectivity index (χ2n) is 8.60. The van der Waals surface area contributed by atoms with Crippen LogP contribution < -0.4 is 5.56 Å². The predicted molar refractivity (Wildman–Crippen MR) is 132 cm³/mol. The van der Waals surface area contributed by atoms with E-state index < -0.39 is 0 Å². The zero-order valence-electron chi connectivity index (χ0n) is 20.0. The van der Waals surface area contributed by atoms with Crippen molar-refractivity contribution in [2.24, 2.45) is 5.92 Å². The number of aromatic nitrogens is 2. The van der Waals surface area contributed by atoms with E-state index in [1.54, 1.807) is 13.3 Å². The number of halogens is 1. The Balaban J connectivity index is 0.000000655. The van der Waals surface area contributed by atoms with Crippen LogP contribution in [0.3, 0.4) is 0 Å². The van der Waals surface area contributed by atoms with Crippen molar-refractivity contribution in [3.63, 3.8) is 0 Å². The lowest BCUT2D eigenvalue weighted by Crippen LogP contribution is -2.47. The highest BCUT2D eigenvalue weighted by atomic mass is 35.5. The van der Waals surface area contributed by atoms with Gasteiger partial charge in [0.2, 0.25) is 0 Å². The minimum atomic E-state index is -0.250. The molecular formula is C24H33ClN4O6. The van der Waals surface area contributed by atoms with E-state index in [-0.39, 0.29) is 18.5 Å². The molecule has 4 rings (SSSR count). The first-order valence-electron chi connectivity index (χ1n) is 11.2. The number of likely N-dealkylation sites (N-methyl/N-ethyl adjacent to an activating group) is 1. The summed E-state index contributed by atoms with van der Waals surface area (Å²) in [6.45, 7) is 5.26. The van der Waals surface area contributed by atoms with Crippen LogP contribution in [0.5, 0.6) is 0 Å². The summed E-state index contributed by atoms with van der Waals surface area (Å²) in [5.41, 5.74) is 3.27. The lowest BCUT2D eigenvalue weighted by atomic mass is 9.83. The van der Waals surface area contributed by atoms with Crippen molar-refractivity contribution in [3.05, 3.63) is 62.8 Å². The van der Waals surface area contributed by atoms with Gasteiger partial charge in [0.05, 0.1) is 17.3 Å². The molecule has 0 unspecified atom stereocenters. The average Bonchev–Trinajstić information content (AvgIpc) is 2.82. The Bertz CT molecular complexity index is 994. The smallest absolute Gasteiger partial charge is 0.290 e. The van der Waals surface area contributed by atoms with Crippen LogP contribution in [-0.4, -0.2) is 82.9 Å². The number of rotatable bonds is 7. The quantitative estimate of drug-likeness (QED) is 0.540. The van der Waals surface area contributed by atoms with Crippen LogP contribution in [0.2, 0.25) is 5.02 Å². The first-order chi connectivity index (χ1) is 16.9. The summed E-state index contributed by atoms with van der Waals surface area (Å²) in [4.78, 5) is 38.9. The monoisotopic (exact) mass is 508 g/mol. The first kappa shape index (κ1) is 28.4. The summed E-state index contributed by atoms with van der Waals surface area (Å²) >= 11 is 5.95. The van der Waals surface area contributed by atoms with Crippen molar-refractivity contribution in [2.45, 2.75) is 32.0 Å². The molecule has 2 aliphatic rings. The van der Waals surface area contributed by atoms with Gasteiger partial charge >= 0.3 is 0 Å². The fraction of sp³-hybridized carbons (Fsp3) is 0.500. The molecule has 0 aromatic carbocycles. The number of hydrogen-bond donors (Lipinski definition) is 2. The zero-order valence-corrected chi connectivity index (χ0v) is 20.8. The van der Waals surface area contributed by atoms with Crippen LogP contribution in [0.1, 0.15) is 29.3 Å². The largest absolute Gasteiger partial charge is 0.483 e. The summed E-state index contributed by atoms with van der Waals surface area (Å²) in [7, 11) is 3.73. The van der Waals surface area contributed by atoms with E-state index in [1.807, 2.05) is 29.8 Å². The maximum absolute atomic E-state index is 13.1. The van der Waals surface area contributed by atoms with Crippen LogP contribution in [0.15, 0.2) is 35.3 Å². The molecule has 2 aliphatic heterocycles. The SMILES string of the molecule is COCCN(C)Cc1ccc2n(c1=O)C[C@H]1C[C@@H]2CN(Cc2ccc(Cl)cn2)C1.O=CO.O=CO. The molecule has 11 heteroatoms. The molecule has 2 aromatic rings. The van der Waals surface area contributed by atoms with Crippen LogP contribution in [0.4, 0.5) is 0 Å². The highest BCUT2D eigenvalue weighted by Gasteiger charge is 2.35. The average molecular weight is 509 g/mol. The van der Waals surface area contributed by atoms with Crippen molar-refractivity contribution in [2.75, 3.05) is 40.4 Å². The molecule has 35 heavy (non-hydrogen) atoms. The fourth-order valence-corrected chi connectivity index (χ4v) is 4.80. The summed E-state index contributed by atoms with van der Waals surface area (Å²) in [6.07, 6.45) is 2.87. The third-order valence-electron chi connectivity index (χ3n) is 6.05. The number of likely N-dealkylation sites (tertiary alicyclic amines) is 1. The summed E-state index contributed by atoms with van der Waals surface area (Å²) in [6, 6.07) is 8.09. The number of methoxy groups -OCH3 is 1. The highest BCUT2D eigenvalue weighted by molar-refractivity contribution is 6.30. The molecule has 2 bridgehead atoms. The molecule has 2 aromatic heterocycles. The van der Waals surface area contributed by atoms with E-state index >= 15 is 0 Å². The Kier molecular flexibility index (Phi) is 11.8. The third kappa shape index (κ3) is 8.43. The van der Waals surface area contributed by atoms with Crippen LogP contribution in [-0.2, 0) is 34.0 Å². The molecule has 2 atom stereocenters. The topological polar surface area (TPSA) is 125 Å². The van der Waals surface area contributed by atoms with Crippen molar-refractivity contribution in [1.29, 1.82) is 0 Å². The molecule has 0 aliphatic carbocycles. The van der Waals surface area contributed by atoms with E-state index in [1.165, 1.54) is 5.69 Å². The summed E-state index contributed by atoms with van der Waals surface area (Å²) < 4.78 is 7.18. The van der Waals surface area contributed by atoms with E-state index in [0.29, 0.717) is 30.0 Å². The minimum absolute atomic E-state index is 0.175. The Hall–Kier alpha value is -2.79. The molecule has 0 saturated carbocycles. The Labute approximate surface area is 209 Å². The molecule has 0 radical (unpaired) electrons. The van der Waals surface area contributed by atoms with Gasteiger partial charge < -0.3 is 19.5 Å². The van der Waals surface area contributed by atoms with Gasteiger partial charge in [-0.2, -0.15) is 0 Å². The van der Waals surface area contributed by atoms with Gasteiger partial charge in [0.1, 0.15) is 0 Å². The van der Waals surface area contributed by atoms with Crippen LogP contribution in [0, 0.1) is 5.92 Å². The lowest BCUT2D eigenvalue weighted by molar-refractivity contribution is -0.123. The number of carbonyl (C=O) groups is 2. The standard InChI is InChI=1S/C22H29ClN4O2.2CH2O2/c1-25(7-8-29-2)13-17-3-6-21-18-9-16(12-27(21)22(17)28)11-26(14-18)15-20-5-4-19(23)10-24-20;2*2-1-3/h3-6,10,16,18H,7-9,11-15H2,1-2H3;2*1H,(H,2,3)/t16-,18+;;/m0../s1. The van der Waals surface area contributed by atoms with Crippen molar-refractivity contribution in [3.8, 4) is 0 Å². The molecule has 0 amide bonds. The van der Waals surface area contributed by atoms with Crippen molar-refractivity contribution in [1.82, 2.24) is 19.4 Å². The molecule has 4 heterocycles. The van der Waals surface area contributed by atoms with Gasteiger partial charge in [-0.1, -0.05) is 17.7 Å². The van der Waals surface area contributed by atoms with Crippen molar-refractivity contribution >= 4 is 24.5 Å². The second-order valence-corrected chi connectivity index (χ2v) is 9.04. The predicted octanol–water partition coefficient (Wildman–Crippen LogP) is 2.00. The second kappa shape index (κ2) is 14.6. The van der Waals surface area contributed by atoms with E-state index in [2.05, 4.69) is 20.9 Å². The van der Waals surface area contributed by atoms with Gasteiger partial charge in [-0.3, -0.25) is 29.2 Å². The number of hydrogen-bond acceptors (Lipinski definition) is 7.